The number of halogens is 1. The van der Waals surface area contributed by atoms with Gasteiger partial charge in [-0.1, -0.05) is 87.7 Å². The summed E-state index contributed by atoms with van der Waals surface area (Å²) < 4.78 is 3.99. The number of rotatable bonds is 8. The Bertz CT molecular complexity index is 1490. The number of nitrogens with one attached hydrogen (secondary N) is 1. The fourth-order valence-electron chi connectivity index (χ4n) is 5.55. The molecule has 6 nitrogen and oxygen atoms in total. The number of nitrogens with two attached hydrogens (primary N) is 1. The summed E-state index contributed by atoms with van der Waals surface area (Å²) in [5.74, 6) is 0.0417. The smallest absolute Gasteiger partial charge is 0.246 e. The minimum absolute atomic E-state index is 0.0417. The molecule has 7 heteroatoms. The largest absolute Gasteiger partial charge is 0.339 e. The minimum Gasteiger partial charge on any atom is -0.339 e. The second-order valence-electron chi connectivity index (χ2n) is 10.9. The zero-order chi connectivity index (χ0) is 27.0. The third-order valence-electron chi connectivity index (χ3n) is 8.03. The molecule has 3 N–H and O–H groups in total. The molecule has 0 bridgehead atoms. The first kappa shape index (κ1) is 26.4. The molecule has 1 saturated heterocycles. The van der Waals surface area contributed by atoms with Crippen LogP contribution in [0.5, 0.6) is 0 Å². The second-order valence-corrected chi connectivity index (χ2v) is 11.4. The molecule has 1 fully saturated rings. The number of hydrogen-bond donors (Lipinski definition) is 2. The van der Waals surface area contributed by atoms with Crippen LogP contribution in [0.3, 0.4) is 0 Å². The highest BCUT2D eigenvalue weighted by atomic mass is 79.9. The Morgan fingerprint density at radius 1 is 0.947 bits per heavy atom. The zero-order valence-corrected chi connectivity index (χ0v) is 23.9. The molecule has 0 aliphatic carbocycles. The van der Waals surface area contributed by atoms with E-state index in [1.54, 1.807) is 0 Å². The first-order chi connectivity index (χ1) is 18.3. The highest BCUT2D eigenvalue weighted by Crippen LogP contribution is 2.34. The van der Waals surface area contributed by atoms with E-state index in [1.807, 2.05) is 32.2 Å². The van der Waals surface area contributed by atoms with E-state index >= 15 is 0 Å². The predicted octanol–water partition coefficient (Wildman–Crippen LogP) is 5.11. The van der Waals surface area contributed by atoms with Gasteiger partial charge >= 0.3 is 0 Å². The Hall–Kier alpha value is -3.16. The van der Waals surface area contributed by atoms with Crippen LogP contribution in [-0.4, -0.2) is 44.9 Å². The normalized spacial score (nSPS) is 16.3. The molecule has 1 amide bonds. The number of hydrogen-bond acceptors (Lipinski definition) is 3. The Morgan fingerprint density at radius 3 is 2.05 bits per heavy atom. The number of benzene rings is 3. The first-order valence-electron chi connectivity index (χ1n) is 13.2. The average molecular weight is 575 g/mol. The summed E-state index contributed by atoms with van der Waals surface area (Å²) in [5, 5.41) is 10.2. The monoisotopic (exact) mass is 573 g/mol. The molecule has 1 unspecified atom stereocenters. The van der Waals surface area contributed by atoms with Gasteiger partial charge in [-0.05, 0) is 44.0 Å². The van der Waals surface area contributed by atoms with Gasteiger partial charge in [0.2, 0.25) is 11.5 Å². The molecule has 0 saturated carbocycles. The molecule has 4 aromatic rings. The number of fused-ring (bicyclic) bond motifs is 1. The van der Waals surface area contributed by atoms with Gasteiger partial charge in [0.15, 0.2) is 0 Å². The van der Waals surface area contributed by atoms with E-state index in [2.05, 4.69) is 91.3 Å². The van der Waals surface area contributed by atoms with Crippen LogP contribution in [0.1, 0.15) is 41.3 Å². The van der Waals surface area contributed by atoms with Gasteiger partial charge in [-0.2, -0.15) is 0 Å². The number of carbonyl (C=O) groups is 1. The molecule has 2 atom stereocenters. The lowest BCUT2D eigenvalue weighted by atomic mass is 9.81. The van der Waals surface area contributed by atoms with Crippen LogP contribution in [-0.2, 0) is 11.2 Å². The van der Waals surface area contributed by atoms with Crippen molar-refractivity contribution in [1.82, 2.24) is 14.0 Å². The lowest BCUT2D eigenvalue weighted by molar-refractivity contribution is -0.145. The van der Waals surface area contributed by atoms with Crippen molar-refractivity contribution in [3.8, 4) is 0 Å². The fourth-order valence-corrected chi connectivity index (χ4v) is 6.14. The van der Waals surface area contributed by atoms with Crippen molar-refractivity contribution < 1.29 is 4.79 Å². The number of alkyl halides is 1. The summed E-state index contributed by atoms with van der Waals surface area (Å²) in [4.78, 5) is 16.1. The number of amides is 1. The number of aryl methyl sites for hydroxylation is 2. The molecular weight excluding hydrogens is 538 g/mol. The Kier molecular flexibility index (Phi) is 7.34. The molecular formula is C31H36BrN5O. The van der Waals surface area contributed by atoms with Crippen molar-refractivity contribution in [2.24, 2.45) is 11.1 Å². The van der Waals surface area contributed by atoms with Gasteiger partial charge in [-0.3, -0.25) is 14.8 Å². The van der Waals surface area contributed by atoms with Crippen LogP contribution < -0.4 is 11.4 Å². The topological polar surface area (TPSA) is 80.0 Å². The molecule has 2 heterocycles. The Balaban J connectivity index is 1.62. The highest BCUT2D eigenvalue weighted by Gasteiger charge is 2.45. The van der Waals surface area contributed by atoms with Crippen molar-refractivity contribution in [2.45, 2.75) is 39.3 Å². The van der Waals surface area contributed by atoms with Crippen molar-refractivity contribution >= 4 is 32.9 Å². The summed E-state index contributed by atoms with van der Waals surface area (Å²) >= 11 is 3.60. The Morgan fingerprint density at radius 2 is 1.50 bits per heavy atom. The first-order valence-corrected chi connectivity index (χ1v) is 14.3. The number of aromatic nitrogens is 2. The van der Waals surface area contributed by atoms with E-state index in [0.29, 0.717) is 31.7 Å². The lowest BCUT2D eigenvalue weighted by Gasteiger charge is -2.50. The number of nitrogens with zero attached hydrogens (tertiary/aromatic N) is 3. The van der Waals surface area contributed by atoms with Gasteiger partial charge in [0.05, 0.1) is 17.1 Å². The fraction of sp³-hybridized carbons (Fsp3) is 0.355. The van der Waals surface area contributed by atoms with Crippen LogP contribution in [0.15, 0.2) is 72.8 Å². The Labute approximate surface area is 232 Å². The van der Waals surface area contributed by atoms with E-state index in [9.17, 15) is 10.2 Å². The zero-order valence-electron chi connectivity index (χ0n) is 22.3. The van der Waals surface area contributed by atoms with E-state index in [0.717, 1.165) is 27.5 Å². The van der Waals surface area contributed by atoms with Gasteiger partial charge in [0, 0.05) is 36.8 Å². The maximum absolute atomic E-state index is 14.2. The predicted molar refractivity (Wildman–Crippen MR) is 157 cm³/mol. The lowest BCUT2D eigenvalue weighted by Crippen LogP contribution is -2.63. The van der Waals surface area contributed by atoms with E-state index in [-0.39, 0.29) is 17.4 Å². The maximum Gasteiger partial charge on any atom is 0.246 e. The molecule has 38 heavy (non-hydrogen) atoms. The highest BCUT2D eigenvalue weighted by molar-refractivity contribution is 9.09. The van der Waals surface area contributed by atoms with E-state index < -0.39 is 6.04 Å². The quantitative estimate of drug-likeness (QED) is 0.287. The van der Waals surface area contributed by atoms with Gasteiger partial charge in [-0.15, -0.1) is 0 Å². The van der Waals surface area contributed by atoms with Crippen LogP contribution in [0.4, 0.5) is 0 Å². The summed E-state index contributed by atoms with van der Waals surface area (Å²) in [6, 6.07) is 24.3. The average Bonchev–Trinajstić information content (AvgIpc) is 3.19. The number of para-hydroxylation sites is 2. The summed E-state index contributed by atoms with van der Waals surface area (Å²) in [7, 11) is 0. The molecule has 3 aromatic carbocycles. The molecule has 0 radical (unpaired) electrons. The van der Waals surface area contributed by atoms with Crippen molar-refractivity contribution in [1.29, 1.82) is 5.41 Å². The number of likely N-dealkylation sites (tertiary alicyclic amines) is 1. The molecule has 1 aliphatic heterocycles. The van der Waals surface area contributed by atoms with E-state index in [1.165, 1.54) is 11.1 Å². The summed E-state index contributed by atoms with van der Waals surface area (Å²) in [6.45, 7) is 8.06. The van der Waals surface area contributed by atoms with Crippen LogP contribution in [0.25, 0.3) is 11.0 Å². The second kappa shape index (κ2) is 10.5. The van der Waals surface area contributed by atoms with Crippen molar-refractivity contribution in [2.75, 3.05) is 25.0 Å². The van der Waals surface area contributed by atoms with Crippen molar-refractivity contribution in [3.05, 3.63) is 101 Å². The molecule has 198 valence electrons. The van der Waals surface area contributed by atoms with Crippen LogP contribution in [0.2, 0.25) is 0 Å². The SMILES string of the molecule is Cc1ccc(C[C@@H](C(=O)N2CC(CN)(CBr)C2)n2c(=N)n(C(C)c3ccc(C)cc3)c3ccccc32)cc1. The third kappa shape index (κ3) is 4.74. The van der Waals surface area contributed by atoms with Gasteiger partial charge < -0.3 is 15.2 Å². The maximum atomic E-state index is 14.2. The third-order valence-corrected chi connectivity index (χ3v) is 9.22. The molecule has 1 aliphatic rings. The van der Waals surface area contributed by atoms with E-state index in [4.69, 9.17) is 5.73 Å². The van der Waals surface area contributed by atoms with Gasteiger partial charge in [0.1, 0.15) is 6.04 Å². The summed E-state index contributed by atoms with van der Waals surface area (Å²) in [5.41, 5.74) is 12.8. The van der Waals surface area contributed by atoms with Gasteiger partial charge in [-0.25, -0.2) is 0 Å². The number of carbonyl (C=O) groups excluding carboxylic acids is 1. The minimum atomic E-state index is -0.535. The molecule has 0 spiro atoms. The van der Waals surface area contributed by atoms with Gasteiger partial charge in [0.25, 0.3) is 0 Å². The molecule has 5 rings (SSSR count). The van der Waals surface area contributed by atoms with Crippen molar-refractivity contribution in [3.63, 3.8) is 0 Å². The number of imidazole rings is 1. The van der Waals surface area contributed by atoms with Crippen LogP contribution >= 0.6 is 15.9 Å². The summed E-state index contributed by atoms with van der Waals surface area (Å²) in [6.07, 6.45) is 0.517. The van der Waals surface area contributed by atoms with Crippen LogP contribution in [0, 0.1) is 24.7 Å². The standard InChI is InChI=1S/C31H36BrN5O/c1-21-8-12-24(13-9-21)16-28(29(38)35-19-31(17-32,18-33)20-35)37-27-7-5-4-6-26(27)36(30(37)34)23(3)25-14-10-22(2)11-15-25/h4-15,23,28,34H,16-20,33H2,1-3H3/t23?,28-/m0/s1. The molecule has 1 aromatic heterocycles.